The Kier molecular flexibility index (Phi) is 5.54. The maximum absolute atomic E-state index is 11.8. The number of quaternary nitrogens is 1. The number of para-hydroxylation sites is 1. The van der Waals surface area contributed by atoms with Gasteiger partial charge in [0.15, 0.2) is 0 Å². The lowest BCUT2D eigenvalue weighted by Crippen LogP contribution is -2.68. The molecule has 0 bridgehead atoms. The summed E-state index contributed by atoms with van der Waals surface area (Å²) in [5, 5.41) is 25.1. The number of nitrogens with one attached hydrogen (secondary N) is 2. The molecule has 0 radical (unpaired) electrons. The molecule has 1 heterocycles. The summed E-state index contributed by atoms with van der Waals surface area (Å²) in [6.07, 6.45) is 1.57. The zero-order chi connectivity index (χ0) is 17.7. The maximum Gasteiger partial charge on any atom is 0.220 e. The molecule has 0 aliphatic rings. The van der Waals surface area contributed by atoms with Crippen molar-refractivity contribution in [2.75, 3.05) is 0 Å². The van der Waals surface area contributed by atoms with Gasteiger partial charge in [0.1, 0.15) is 6.04 Å². The van der Waals surface area contributed by atoms with Crippen LogP contribution in [0.15, 0.2) is 30.5 Å². The van der Waals surface area contributed by atoms with Gasteiger partial charge in [0, 0.05) is 36.4 Å². The van der Waals surface area contributed by atoms with Crippen LogP contribution in [0.4, 0.5) is 0 Å². The molecule has 0 fully saturated rings. The van der Waals surface area contributed by atoms with Gasteiger partial charge in [-0.25, -0.2) is 0 Å². The number of H-pyrrole nitrogens is 1. The molecule has 1 amide bonds. The Morgan fingerprint density at radius 3 is 2.54 bits per heavy atom. The van der Waals surface area contributed by atoms with E-state index in [1.54, 1.807) is 6.20 Å². The zero-order valence-corrected chi connectivity index (χ0v) is 12.9. The van der Waals surface area contributed by atoms with Gasteiger partial charge < -0.3 is 35.8 Å². The van der Waals surface area contributed by atoms with Crippen molar-refractivity contribution in [3.05, 3.63) is 36.0 Å². The lowest BCUT2D eigenvalue weighted by Gasteiger charge is -2.20. The van der Waals surface area contributed by atoms with Crippen molar-refractivity contribution in [1.29, 1.82) is 0 Å². The molecule has 0 aliphatic heterocycles. The first-order valence-corrected chi connectivity index (χ1v) is 7.47. The second-order valence-corrected chi connectivity index (χ2v) is 5.56. The minimum atomic E-state index is -1.40. The number of benzene rings is 1. The molecule has 0 spiro atoms. The first-order chi connectivity index (χ1) is 11.4. The molecule has 2 atom stereocenters. The molecule has 2 rings (SSSR count). The van der Waals surface area contributed by atoms with Gasteiger partial charge in [0.2, 0.25) is 5.91 Å². The van der Waals surface area contributed by atoms with Gasteiger partial charge in [0.05, 0.1) is 18.0 Å². The van der Waals surface area contributed by atoms with Crippen LogP contribution in [0.5, 0.6) is 0 Å². The Bertz CT molecular complexity index is 755. The highest BCUT2D eigenvalue weighted by Gasteiger charge is 2.18. The molecular formula is C16H18N3O5-. The van der Waals surface area contributed by atoms with E-state index in [-0.39, 0.29) is 19.3 Å². The molecule has 8 heteroatoms. The molecule has 24 heavy (non-hydrogen) atoms. The van der Waals surface area contributed by atoms with E-state index in [1.165, 1.54) is 0 Å². The Morgan fingerprint density at radius 2 is 1.88 bits per heavy atom. The van der Waals surface area contributed by atoms with Gasteiger partial charge in [0.25, 0.3) is 0 Å². The van der Waals surface area contributed by atoms with Gasteiger partial charge in [-0.3, -0.25) is 4.79 Å². The van der Waals surface area contributed by atoms with Crippen LogP contribution in [0, 0.1) is 0 Å². The van der Waals surface area contributed by atoms with Crippen molar-refractivity contribution in [2.45, 2.75) is 31.3 Å². The largest absolute Gasteiger partial charge is 0.548 e. The van der Waals surface area contributed by atoms with Crippen molar-refractivity contribution in [2.24, 2.45) is 0 Å². The van der Waals surface area contributed by atoms with E-state index < -0.39 is 29.9 Å². The van der Waals surface area contributed by atoms with Crippen LogP contribution in [0.25, 0.3) is 10.9 Å². The van der Waals surface area contributed by atoms with E-state index in [9.17, 15) is 24.6 Å². The van der Waals surface area contributed by atoms with E-state index >= 15 is 0 Å². The van der Waals surface area contributed by atoms with Crippen LogP contribution in [0.3, 0.4) is 0 Å². The highest BCUT2D eigenvalue weighted by Crippen LogP contribution is 2.19. The number of aromatic nitrogens is 1. The van der Waals surface area contributed by atoms with Crippen LogP contribution in [-0.4, -0.2) is 34.9 Å². The lowest BCUT2D eigenvalue weighted by molar-refractivity contribution is -0.438. The third-order valence-corrected chi connectivity index (χ3v) is 3.77. The van der Waals surface area contributed by atoms with Gasteiger partial charge in [-0.2, -0.15) is 0 Å². The summed E-state index contributed by atoms with van der Waals surface area (Å²) >= 11 is 0. The Balaban J connectivity index is 2.01. The average Bonchev–Trinajstić information content (AvgIpc) is 2.95. The highest BCUT2D eigenvalue weighted by atomic mass is 16.4. The molecule has 0 aliphatic carbocycles. The fourth-order valence-electron chi connectivity index (χ4n) is 2.40. The number of carbonyl (C=O) groups is 3. The molecule has 8 nitrogen and oxygen atoms in total. The summed E-state index contributed by atoms with van der Waals surface area (Å²) in [6, 6.07) is 5.17. The predicted molar refractivity (Wildman–Crippen MR) is 79.9 cm³/mol. The van der Waals surface area contributed by atoms with Crippen LogP contribution >= 0.6 is 0 Å². The summed E-state index contributed by atoms with van der Waals surface area (Å²) in [7, 11) is 0. The molecule has 0 saturated heterocycles. The normalized spacial score (nSPS) is 13.4. The topological polar surface area (TPSA) is 153 Å². The van der Waals surface area contributed by atoms with Crippen LogP contribution in [0.1, 0.15) is 18.4 Å². The Labute approximate surface area is 137 Å². The summed E-state index contributed by atoms with van der Waals surface area (Å²) < 4.78 is 0. The number of hydrogen-bond donors (Lipinski definition) is 3. The second-order valence-electron chi connectivity index (χ2n) is 5.56. The van der Waals surface area contributed by atoms with Gasteiger partial charge in [-0.15, -0.1) is 0 Å². The lowest BCUT2D eigenvalue weighted by atomic mass is 10.0. The maximum atomic E-state index is 11.8. The van der Waals surface area contributed by atoms with Crippen LogP contribution in [0.2, 0.25) is 0 Å². The monoisotopic (exact) mass is 332 g/mol. The molecule has 1 aromatic heterocycles. The molecule has 128 valence electrons. The first-order valence-electron chi connectivity index (χ1n) is 7.47. The smallest absolute Gasteiger partial charge is 0.220 e. The standard InChI is InChI=1S/C16H19N3O5/c17-11(15(21)22)5-6-14(20)19-13(16(23)24)7-9-8-18-12-4-2-1-3-10(9)12/h1-4,8,11,13,18H,5-7,17H2,(H,19,20)(H,21,22)(H,23,24)/p-1/t11-,13-/m1/s1. The number of hydrogen-bond acceptors (Lipinski definition) is 5. The fraction of sp³-hybridized carbons (Fsp3) is 0.312. The van der Waals surface area contributed by atoms with Crippen molar-refractivity contribution in [1.82, 2.24) is 10.3 Å². The quantitative estimate of drug-likeness (QED) is 0.473. The molecule has 0 unspecified atom stereocenters. The predicted octanol–water partition coefficient (Wildman–Crippen LogP) is -2.91. The third-order valence-electron chi connectivity index (χ3n) is 3.77. The Hall–Kier alpha value is -2.87. The third kappa shape index (κ3) is 4.32. The van der Waals surface area contributed by atoms with Gasteiger partial charge in [-0.05, 0) is 11.6 Å². The van der Waals surface area contributed by atoms with E-state index in [0.29, 0.717) is 0 Å². The number of carboxylic acid groups (broad SMARTS) is 2. The highest BCUT2D eigenvalue weighted by molar-refractivity contribution is 5.86. The summed E-state index contributed by atoms with van der Waals surface area (Å²) in [5.74, 6) is -3.32. The number of rotatable bonds is 8. The van der Waals surface area contributed by atoms with E-state index in [0.717, 1.165) is 16.5 Å². The van der Waals surface area contributed by atoms with Crippen LogP contribution < -0.4 is 21.3 Å². The van der Waals surface area contributed by atoms with Crippen molar-refractivity contribution in [3.63, 3.8) is 0 Å². The van der Waals surface area contributed by atoms with E-state index in [2.05, 4.69) is 16.0 Å². The number of aromatic amines is 1. The number of carbonyl (C=O) groups excluding carboxylic acids is 3. The molecule has 0 saturated carbocycles. The SMILES string of the molecule is [NH3+][C@H](CCC(=O)N[C@H](Cc1c[nH]c2ccccc12)C(=O)[O-])C(=O)[O-]. The van der Waals surface area contributed by atoms with Gasteiger partial charge in [-0.1, -0.05) is 18.2 Å². The first kappa shape index (κ1) is 17.5. The fourth-order valence-corrected chi connectivity index (χ4v) is 2.40. The van der Waals surface area contributed by atoms with E-state index in [1.807, 2.05) is 24.3 Å². The summed E-state index contributed by atoms with van der Waals surface area (Å²) in [6.45, 7) is 0. The van der Waals surface area contributed by atoms with Crippen LogP contribution in [-0.2, 0) is 20.8 Å². The van der Waals surface area contributed by atoms with Crippen molar-refractivity contribution < 1.29 is 30.3 Å². The Morgan fingerprint density at radius 1 is 1.17 bits per heavy atom. The van der Waals surface area contributed by atoms with Gasteiger partial charge >= 0.3 is 0 Å². The summed E-state index contributed by atoms with van der Waals surface area (Å²) in [4.78, 5) is 36.7. The number of aliphatic carboxylic acids is 2. The number of fused-ring (bicyclic) bond motifs is 1. The molecular weight excluding hydrogens is 314 g/mol. The molecule has 2 aromatic rings. The molecule has 5 N–H and O–H groups in total. The summed E-state index contributed by atoms with van der Waals surface area (Å²) in [5.41, 5.74) is 4.95. The van der Waals surface area contributed by atoms with Crippen molar-refractivity contribution in [3.8, 4) is 0 Å². The minimum absolute atomic E-state index is 0.0268. The average molecular weight is 332 g/mol. The minimum Gasteiger partial charge on any atom is -0.548 e. The molecule has 1 aromatic carbocycles. The van der Waals surface area contributed by atoms with E-state index in [4.69, 9.17) is 0 Å². The zero-order valence-electron chi connectivity index (χ0n) is 12.9. The number of amides is 1. The van der Waals surface area contributed by atoms with Crippen molar-refractivity contribution >= 4 is 28.7 Å². The second kappa shape index (κ2) is 7.60. The number of carboxylic acids is 2.